The summed E-state index contributed by atoms with van der Waals surface area (Å²) in [7, 11) is 1.75. The smallest absolute Gasteiger partial charge is 0.122 e. The molecule has 0 amide bonds. The van der Waals surface area contributed by atoms with Gasteiger partial charge in [0.2, 0.25) is 0 Å². The van der Waals surface area contributed by atoms with Crippen LogP contribution in [0.5, 0.6) is 5.75 Å². The van der Waals surface area contributed by atoms with E-state index in [9.17, 15) is 0 Å². The van der Waals surface area contributed by atoms with Gasteiger partial charge in [-0.2, -0.15) is 0 Å². The molecule has 0 atom stereocenters. The second-order valence-electron chi connectivity index (χ2n) is 4.03. The number of rotatable bonds is 3. The van der Waals surface area contributed by atoms with E-state index in [-0.39, 0.29) is 0 Å². The van der Waals surface area contributed by atoms with Crippen molar-refractivity contribution in [3.63, 3.8) is 0 Å². The fraction of sp³-hybridized carbons (Fsp3) is 0.538. The summed E-state index contributed by atoms with van der Waals surface area (Å²) in [6.45, 7) is 8.74. The van der Waals surface area contributed by atoms with Crippen molar-refractivity contribution in [2.45, 2.75) is 40.0 Å². The van der Waals surface area contributed by atoms with E-state index in [1.165, 1.54) is 16.7 Å². The van der Waals surface area contributed by atoms with Crippen LogP contribution in [0.15, 0.2) is 12.1 Å². The molecule has 0 fully saturated rings. The molecule has 0 saturated heterocycles. The Hall–Kier alpha value is -0.980. The van der Waals surface area contributed by atoms with Crippen LogP contribution in [-0.2, 0) is 6.42 Å². The lowest BCUT2D eigenvalue weighted by Gasteiger charge is -2.15. The van der Waals surface area contributed by atoms with Crippen molar-refractivity contribution in [3.05, 3.63) is 28.8 Å². The third-order valence-electron chi connectivity index (χ3n) is 2.69. The molecule has 1 heteroatoms. The summed E-state index contributed by atoms with van der Waals surface area (Å²) in [5, 5.41) is 0. The zero-order valence-corrected chi connectivity index (χ0v) is 9.85. The first-order valence-electron chi connectivity index (χ1n) is 5.27. The van der Waals surface area contributed by atoms with E-state index in [1.54, 1.807) is 7.11 Å². The molecule has 0 unspecified atom stereocenters. The zero-order valence-electron chi connectivity index (χ0n) is 9.85. The molecule has 1 aromatic carbocycles. The molecule has 0 saturated carbocycles. The average Bonchev–Trinajstić information content (AvgIpc) is 2.17. The maximum Gasteiger partial charge on any atom is 0.122 e. The Balaban J connectivity index is 3.24. The molecule has 0 aliphatic rings. The molecule has 1 rings (SSSR count). The quantitative estimate of drug-likeness (QED) is 0.709. The lowest BCUT2D eigenvalue weighted by Crippen LogP contribution is -1.98. The number of methoxy groups -OCH3 is 1. The highest BCUT2D eigenvalue weighted by Crippen LogP contribution is 2.29. The van der Waals surface area contributed by atoms with Gasteiger partial charge in [-0.25, -0.2) is 0 Å². The van der Waals surface area contributed by atoms with Crippen molar-refractivity contribution in [2.75, 3.05) is 7.11 Å². The molecule has 0 aromatic heterocycles. The van der Waals surface area contributed by atoms with Crippen molar-refractivity contribution in [3.8, 4) is 5.75 Å². The summed E-state index contributed by atoms with van der Waals surface area (Å²) in [6, 6.07) is 4.42. The summed E-state index contributed by atoms with van der Waals surface area (Å²) < 4.78 is 5.40. The topological polar surface area (TPSA) is 9.23 Å². The molecule has 14 heavy (non-hydrogen) atoms. The third-order valence-corrected chi connectivity index (χ3v) is 2.69. The first kappa shape index (κ1) is 11.1. The minimum Gasteiger partial charge on any atom is -0.496 e. The highest BCUT2D eigenvalue weighted by Gasteiger charge is 2.09. The predicted octanol–water partition coefficient (Wildman–Crippen LogP) is 3.69. The normalized spacial score (nSPS) is 10.7. The fourth-order valence-electron chi connectivity index (χ4n) is 1.76. The molecule has 0 aliphatic heterocycles. The summed E-state index contributed by atoms with van der Waals surface area (Å²) >= 11 is 0. The van der Waals surface area contributed by atoms with Gasteiger partial charge in [-0.3, -0.25) is 0 Å². The van der Waals surface area contributed by atoms with Crippen LogP contribution in [0.25, 0.3) is 0 Å². The molecule has 0 radical (unpaired) electrons. The minimum absolute atomic E-state index is 0.523. The van der Waals surface area contributed by atoms with Gasteiger partial charge in [-0.1, -0.05) is 26.8 Å². The van der Waals surface area contributed by atoms with Crippen molar-refractivity contribution in [2.24, 2.45) is 0 Å². The molecule has 1 nitrogen and oxygen atoms in total. The first-order chi connectivity index (χ1) is 6.60. The number of ether oxygens (including phenoxy) is 1. The molecule has 0 heterocycles. The average molecular weight is 192 g/mol. The number of aryl methyl sites for hydroxylation is 2. The van der Waals surface area contributed by atoms with E-state index in [0.29, 0.717) is 5.92 Å². The third kappa shape index (κ3) is 2.09. The molecular weight excluding hydrogens is 172 g/mol. The lowest BCUT2D eigenvalue weighted by molar-refractivity contribution is 0.407. The van der Waals surface area contributed by atoms with Gasteiger partial charge in [0.15, 0.2) is 0 Å². The fourth-order valence-corrected chi connectivity index (χ4v) is 1.76. The maximum atomic E-state index is 5.40. The van der Waals surface area contributed by atoms with Crippen LogP contribution in [0.1, 0.15) is 43.4 Å². The second kappa shape index (κ2) is 4.50. The molecular formula is C13H20O. The van der Waals surface area contributed by atoms with Crippen LogP contribution in [-0.4, -0.2) is 7.11 Å². The van der Waals surface area contributed by atoms with Crippen LogP contribution in [0.3, 0.4) is 0 Å². The van der Waals surface area contributed by atoms with Crippen molar-refractivity contribution in [1.82, 2.24) is 0 Å². The molecule has 0 N–H and O–H groups in total. The zero-order chi connectivity index (χ0) is 10.7. The van der Waals surface area contributed by atoms with Crippen molar-refractivity contribution >= 4 is 0 Å². The van der Waals surface area contributed by atoms with Gasteiger partial charge in [0, 0.05) is 0 Å². The number of hydrogen-bond donors (Lipinski definition) is 0. The van der Waals surface area contributed by atoms with Gasteiger partial charge in [-0.15, -0.1) is 0 Å². The summed E-state index contributed by atoms with van der Waals surface area (Å²) in [4.78, 5) is 0. The van der Waals surface area contributed by atoms with Gasteiger partial charge in [0.25, 0.3) is 0 Å². The highest BCUT2D eigenvalue weighted by atomic mass is 16.5. The second-order valence-corrected chi connectivity index (χ2v) is 4.03. The van der Waals surface area contributed by atoms with Crippen LogP contribution < -0.4 is 4.74 Å². The van der Waals surface area contributed by atoms with Crippen molar-refractivity contribution < 1.29 is 4.74 Å². The van der Waals surface area contributed by atoms with Crippen LogP contribution in [0.2, 0.25) is 0 Å². The van der Waals surface area contributed by atoms with Crippen LogP contribution >= 0.6 is 0 Å². The monoisotopic (exact) mass is 192 g/mol. The summed E-state index contributed by atoms with van der Waals surface area (Å²) in [5.74, 6) is 1.55. The maximum absolute atomic E-state index is 5.40. The minimum atomic E-state index is 0.523. The van der Waals surface area contributed by atoms with E-state index in [4.69, 9.17) is 4.74 Å². The Morgan fingerprint density at radius 1 is 1.29 bits per heavy atom. The Labute approximate surface area is 87.1 Å². The van der Waals surface area contributed by atoms with E-state index < -0.39 is 0 Å². The largest absolute Gasteiger partial charge is 0.496 e. The van der Waals surface area contributed by atoms with E-state index >= 15 is 0 Å². The van der Waals surface area contributed by atoms with E-state index in [2.05, 4.69) is 39.8 Å². The Kier molecular flexibility index (Phi) is 3.56. The Morgan fingerprint density at radius 2 is 1.93 bits per heavy atom. The van der Waals surface area contributed by atoms with Crippen molar-refractivity contribution in [1.29, 1.82) is 0 Å². The van der Waals surface area contributed by atoms with Gasteiger partial charge >= 0.3 is 0 Å². The molecule has 0 spiro atoms. The summed E-state index contributed by atoms with van der Waals surface area (Å²) in [5.41, 5.74) is 4.06. The summed E-state index contributed by atoms with van der Waals surface area (Å²) in [6.07, 6.45) is 1.07. The molecule has 1 aromatic rings. The number of hydrogen-bond acceptors (Lipinski definition) is 1. The van der Waals surface area contributed by atoms with Gasteiger partial charge in [0.05, 0.1) is 7.11 Å². The first-order valence-corrected chi connectivity index (χ1v) is 5.27. The standard InChI is InChI=1S/C13H20O/c1-6-11-8-13(14-5)12(9(2)3)7-10(11)4/h7-9H,6H2,1-5H3. The van der Waals surface area contributed by atoms with Crippen LogP contribution in [0, 0.1) is 6.92 Å². The Morgan fingerprint density at radius 3 is 2.36 bits per heavy atom. The number of benzene rings is 1. The van der Waals surface area contributed by atoms with E-state index in [0.717, 1.165) is 12.2 Å². The van der Waals surface area contributed by atoms with Gasteiger partial charge in [0.1, 0.15) is 5.75 Å². The van der Waals surface area contributed by atoms with E-state index in [1.807, 2.05) is 0 Å². The predicted molar refractivity (Wildman–Crippen MR) is 61.2 cm³/mol. The SMILES string of the molecule is CCc1cc(OC)c(C(C)C)cc1C. The lowest BCUT2D eigenvalue weighted by atomic mass is 9.96. The molecule has 0 bridgehead atoms. The Bertz CT molecular complexity index is 313. The van der Waals surface area contributed by atoms with Gasteiger partial charge < -0.3 is 4.74 Å². The molecule has 0 aliphatic carbocycles. The van der Waals surface area contributed by atoms with Crippen LogP contribution in [0.4, 0.5) is 0 Å². The van der Waals surface area contributed by atoms with Gasteiger partial charge in [-0.05, 0) is 42.0 Å². The highest BCUT2D eigenvalue weighted by molar-refractivity contribution is 5.43. The molecule has 78 valence electrons.